The monoisotopic (exact) mass is 704 g/mol. The van der Waals surface area contributed by atoms with E-state index in [1.165, 1.54) is 0 Å². The average Bonchev–Trinajstić information content (AvgIpc) is 3.13. The molecule has 3 rings (SSSR count). The number of nitrogens with one attached hydrogen (secondary N) is 3. The van der Waals surface area contributed by atoms with Gasteiger partial charge in [-0.05, 0) is 67.1 Å². The topological polar surface area (TPSA) is 147 Å². The van der Waals surface area contributed by atoms with Gasteiger partial charge in [0.15, 0.2) is 0 Å². The normalized spacial score (nSPS) is 13.6. The maximum Gasteiger partial charge on any atom is 0.220 e. The molecule has 12 heteroatoms. The summed E-state index contributed by atoms with van der Waals surface area (Å²) in [7, 11) is 8.21. The van der Waals surface area contributed by atoms with Crippen molar-refractivity contribution < 1.29 is 28.6 Å². The van der Waals surface area contributed by atoms with Gasteiger partial charge in [-0.2, -0.15) is 0 Å². The van der Waals surface area contributed by atoms with Crippen molar-refractivity contribution in [2.75, 3.05) is 92.3 Å². The second-order valence-corrected chi connectivity index (χ2v) is 12.5. The first kappa shape index (κ1) is 40.9. The number of carbonyl (C=O) groups is 3. The summed E-state index contributed by atoms with van der Waals surface area (Å²) < 4.78 is 16.5. The van der Waals surface area contributed by atoms with E-state index >= 15 is 0 Å². The summed E-state index contributed by atoms with van der Waals surface area (Å²) in [6, 6.07) is 16.9. The minimum Gasteiger partial charge on any atom is -0.494 e. The molecule has 5 N–H and O–H groups in total. The Labute approximate surface area is 303 Å². The molecule has 2 aromatic rings. The van der Waals surface area contributed by atoms with Crippen molar-refractivity contribution in [1.29, 1.82) is 0 Å². The van der Waals surface area contributed by atoms with Crippen LogP contribution in [-0.4, -0.2) is 116 Å². The van der Waals surface area contributed by atoms with Crippen LogP contribution < -0.4 is 31.3 Å². The second-order valence-electron chi connectivity index (χ2n) is 12.5. The third-order valence-corrected chi connectivity index (χ3v) is 8.01. The van der Waals surface area contributed by atoms with Gasteiger partial charge in [0.2, 0.25) is 17.7 Å². The molecule has 0 aliphatic heterocycles. The number of nitrogens with zero attached hydrogens (tertiary/aromatic N) is 2. The molecule has 0 radical (unpaired) electrons. The van der Waals surface area contributed by atoms with Crippen LogP contribution in [0.4, 0.5) is 5.69 Å². The molecule has 12 nitrogen and oxygen atoms in total. The highest BCUT2D eigenvalue weighted by molar-refractivity contribution is 5.86. The summed E-state index contributed by atoms with van der Waals surface area (Å²) in [5.74, 6) is 0.155. The van der Waals surface area contributed by atoms with Crippen LogP contribution in [-0.2, 0) is 23.9 Å². The first-order chi connectivity index (χ1) is 24.7. The van der Waals surface area contributed by atoms with Gasteiger partial charge in [-0.15, -0.1) is 0 Å². The number of amides is 3. The van der Waals surface area contributed by atoms with Gasteiger partial charge in [0.25, 0.3) is 0 Å². The Morgan fingerprint density at radius 1 is 0.667 bits per heavy atom. The Morgan fingerprint density at radius 3 is 1.75 bits per heavy atom. The second kappa shape index (κ2) is 23.1. The Hall–Kier alpha value is -4.49. The maximum atomic E-state index is 12.3. The number of hydrogen-bond acceptors (Lipinski definition) is 9. The lowest BCUT2D eigenvalue weighted by Crippen LogP contribution is -2.35. The molecule has 278 valence electrons. The smallest absolute Gasteiger partial charge is 0.220 e. The predicted molar refractivity (Wildman–Crippen MR) is 203 cm³/mol. The molecule has 0 bridgehead atoms. The lowest BCUT2D eigenvalue weighted by molar-refractivity contribution is -0.126. The quantitative estimate of drug-likeness (QED) is 0.128. The molecular weight excluding hydrogens is 648 g/mol. The molecule has 1 aliphatic carbocycles. The van der Waals surface area contributed by atoms with Gasteiger partial charge in [0, 0.05) is 71.3 Å². The van der Waals surface area contributed by atoms with Crippen molar-refractivity contribution >= 4 is 29.0 Å². The van der Waals surface area contributed by atoms with Gasteiger partial charge in [0.05, 0.1) is 33.0 Å². The number of rotatable bonds is 23. The highest BCUT2D eigenvalue weighted by atomic mass is 16.5. The van der Waals surface area contributed by atoms with E-state index in [1.807, 2.05) is 26.2 Å². The molecule has 0 saturated carbocycles. The van der Waals surface area contributed by atoms with Crippen LogP contribution in [0.2, 0.25) is 0 Å². The molecule has 1 aliphatic rings. The zero-order valence-electron chi connectivity index (χ0n) is 30.6. The Kier molecular flexibility index (Phi) is 18.5. The van der Waals surface area contributed by atoms with Gasteiger partial charge >= 0.3 is 0 Å². The minimum absolute atomic E-state index is 0.0693. The molecule has 2 aromatic carbocycles. The summed E-state index contributed by atoms with van der Waals surface area (Å²) in [5.41, 5.74) is 11.0. The molecule has 0 fully saturated rings. The summed E-state index contributed by atoms with van der Waals surface area (Å²) in [6.07, 6.45) is 9.81. The summed E-state index contributed by atoms with van der Waals surface area (Å²) >= 11 is 0. The molecule has 0 aromatic heterocycles. The van der Waals surface area contributed by atoms with Crippen molar-refractivity contribution in [3.05, 3.63) is 89.5 Å². The van der Waals surface area contributed by atoms with E-state index in [1.54, 1.807) is 0 Å². The third-order valence-electron chi connectivity index (χ3n) is 8.01. The molecule has 3 amide bonds. The number of nitrogens with two attached hydrogens (primary N) is 1. The fourth-order valence-electron chi connectivity index (χ4n) is 5.17. The number of ether oxygens (including phenoxy) is 3. The minimum atomic E-state index is -0.248. The fraction of sp³-hybridized carbons (Fsp3) is 0.462. The van der Waals surface area contributed by atoms with Gasteiger partial charge in [-0.3, -0.25) is 19.3 Å². The van der Waals surface area contributed by atoms with E-state index in [0.717, 1.165) is 33.7 Å². The van der Waals surface area contributed by atoms with E-state index in [4.69, 9.17) is 19.9 Å². The number of carbonyl (C=O) groups excluding carboxylic acids is 3. The van der Waals surface area contributed by atoms with E-state index in [2.05, 4.69) is 101 Å². The van der Waals surface area contributed by atoms with Crippen molar-refractivity contribution in [2.24, 2.45) is 5.73 Å². The van der Waals surface area contributed by atoms with Crippen LogP contribution in [0.3, 0.4) is 0 Å². The molecule has 51 heavy (non-hydrogen) atoms. The van der Waals surface area contributed by atoms with Crippen LogP contribution in [0.1, 0.15) is 36.8 Å². The van der Waals surface area contributed by atoms with Gasteiger partial charge in [0.1, 0.15) is 5.75 Å². The summed E-state index contributed by atoms with van der Waals surface area (Å²) in [4.78, 5) is 40.5. The Balaban J connectivity index is 1.34. The van der Waals surface area contributed by atoms with E-state index in [-0.39, 0.29) is 43.1 Å². The SMILES string of the molecule is CN(C)c1ccc(C(=C2C=CC(N(C)C)C=C2)c2ccc(OCCCC(=O)NCCNC(=O)CCC(=O)NCCOCCOCCN)cc2)cc1. The third kappa shape index (κ3) is 15.5. The van der Waals surface area contributed by atoms with E-state index < -0.39 is 0 Å². The largest absolute Gasteiger partial charge is 0.494 e. The fourth-order valence-corrected chi connectivity index (χ4v) is 5.17. The number of likely N-dealkylation sites (N-methyl/N-ethyl adjacent to an activating group) is 1. The van der Waals surface area contributed by atoms with Crippen LogP contribution in [0.15, 0.2) is 78.4 Å². The van der Waals surface area contributed by atoms with E-state index in [0.29, 0.717) is 65.5 Å². The predicted octanol–water partition coefficient (Wildman–Crippen LogP) is 2.89. The van der Waals surface area contributed by atoms with Gasteiger partial charge in [-0.25, -0.2) is 0 Å². The van der Waals surface area contributed by atoms with E-state index in [9.17, 15) is 14.4 Å². The van der Waals surface area contributed by atoms with Crippen molar-refractivity contribution in [2.45, 2.75) is 31.7 Å². The molecule has 0 saturated heterocycles. The zero-order valence-corrected chi connectivity index (χ0v) is 30.6. The van der Waals surface area contributed by atoms with Crippen LogP contribution in [0.5, 0.6) is 5.75 Å². The lowest BCUT2D eigenvalue weighted by Gasteiger charge is -2.22. The van der Waals surface area contributed by atoms with Crippen molar-refractivity contribution in [1.82, 2.24) is 20.9 Å². The standard InChI is InChI=1S/C39H56N6O6/c1-44(2)33-13-7-30(8-14-33)39(31-9-15-34(16-10-31)45(3)4)32-11-17-35(18-12-32)51-25-5-6-36(46)41-22-23-42-37(47)19-20-38(48)43-24-27-50-29-28-49-26-21-40/h7-18,33H,5-6,19-29,40H2,1-4H3,(H,41,46)(H,42,47)(H,43,48). The van der Waals surface area contributed by atoms with Crippen LogP contribution >= 0.6 is 0 Å². The first-order valence-corrected chi connectivity index (χ1v) is 17.6. The van der Waals surface area contributed by atoms with Crippen molar-refractivity contribution in [3.63, 3.8) is 0 Å². The highest BCUT2D eigenvalue weighted by Crippen LogP contribution is 2.32. The average molecular weight is 705 g/mol. The summed E-state index contributed by atoms with van der Waals surface area (Å²) in [6.45, 7) is 3.57. The summed E-state index contributed by atoms with van der Waals surface area (Å²) in [5, 5.41) is 8.23. The number of hydrogen-bond donors (Lipinski definition) is 4. The number of benzene rings is 2. The molecule has 0 spiro atoms. The zero-order chi connectivity index (χ0) is 36.8. The van der Waals surface area contributed by atoms with Crippen LogP contribution in [0.25, 0.3) is 5.57 Å². The van der Waals surface area contributed by atoms with Crippen LogP contribution in [0, 0.1) is 0 Å². The first-order valence-electron chi connectivity index (χ1n) is 17.6. The molecular formula is C39H56N6O6. The molecule has 0 heterocycles. The Morgan fingerprint density at radius 2 is 1.20 bits per heavy atom. The molecule has 0 atom stereocenters. The number of allylic oxidation sites excluding steroid dienone is 3. The molecule has 0 unspecified atom stereocenters. The van der Waals surface area contributed by atoms with Crippen molar-refractivity contribution in [3.8, 4) is 5.75 Å². The highest BCUT2D eigenvalue weighted by Gasteiger charge is 2.14. The Bertz CT molecular complexity index is 1440. The maximum absolute atomic E-state index is 12.3. The lowest BCUT2D eigenvalue weighted by atomic mass is 9.90. The van der Waals surface area contributed by atoms with Gasteiger partial charge in [-0.1, -0.05) is 48.6 Å². The number of anilines is 1. The van der Waals surface area contributed by atoms with Gasteiger partial charge < -0.3 is 40.8 Å².